The molecule has 0 amide bonds. The summed E-state index contributed by atoms with van der Waals surface area (Å²) < 4.78 is 16.6. The van der Waals surface area contributed by atoms with Gasteiger partial charge in [-0.15, -0.1) is 0 Å². The molecule has 0 N–H and O–H groups in total. The number of ether oxygens (including phenoxy) is 3. The maximum absolute atomic E-state index is 12.7. The van der Waals surface area contributed by atoms with Gasteiger partial charge in [0.15, 0.2) is 6.10 Å². The smallest absolute Gasteiger partial charge is 0.306 e. The highest BCUT2D eigenvalue weighted by atomic mass is 16.6. The number of carbonyl (C=O) groups excluding carboxylic acids is 3. The highest BCUT2D eigenvalue weighted by Gasteiger charge is 2.19. The summed E-state index contributed by atoms with van der Waals surface area (Å²) in [6, 6.07) is 0. The Morgan fingerprint density at radius 1 is 0.356 bits per heavy atom. The molecule has 6 heteroatoms. The summed E-state index contributed by atoms with van der Waals surface area (Å²) in [6.45, 7) is 6.25. The van der Waals surface area contributed by atoms with Crippen LogP contribution in [0.15, 0.2) is 122 Å². The Kier molecular flexibility index (Phi) is 43.2. The van der Waals surface area contributed by atoms with Gasteiger partial charge in [0, 0.05) is 19.3 Å². The number of hydrogen-bond acceptors (Lipinski definition) is 6. The van der Waals surface area contributed by atoms with Crippen LogP contribution in [-0.2, 0) is 28.6 Å². The van der Waals surface area contributed by atoms with E-state index in [-0.39, 0.29) is 31.1 Å². The number of allylic oxidation sites excluding steroid dienone is 20. The van der Waals surface area contributed by atoms with Gasteiger partial charge in [0.2, 0.25) is 0 Å². The van der Waals surface area contributed by atoms with E-state index in [9.17, 15) is 14.4 Å². The molecule has 0 aliphatic rings. The minimum Gasteiger partial charge on any atom is -0.462 e. The van der Waals surface area contributed by atoms with Crippen molar-refractivity contribution < 1.29 is 28.6 Å². The first-order chi connectivity index (χ1) is 29.0. The Morgan fingerprint density at radius 3 is 1.05 bits per heavy atom. The molecule has 0 bridgehead atoms. The molecule has 0 spiro atoms. The van der Waals surface area contributed by atoms with E-state index in [2.05, 4.69) is 63.3 Å². The van der Waals surface area contributed by atoms with Gasteiger partial charge in [-0.1, -0.05) is 219 Å². The van der Waals surface area contributed by atoms with Crippen molar-refractivity contribution in [1.82, 2.24) is 0 Å². The van der Waals surface area contributed by atoms with Crippen molar-refractivity contribution in [3.63, 3.8) is 0 Å². The van der Waals surface area contributed by atoms with Crippen LogP contribution in [0.1, 0.15) is 175 Å². The van der Waals surface area contributed by atoms with Gasteiger partial charge in [-0.05, 0) is 57.8 Å². The topological polar surface area (TPSA) is 78.9 Å². The molecule has 0 radical (unpaired) electrons. The molecule has 0 fully saturated rings. The molecule has 0 aromatic heterocycles. The molecule has 59 heavy (non-hydrogen) atoms. The van der Waals surface area contributed by atoms with Crippen molar-refractivity contribution in [2.24, 2.45) is 0 Å². The van der Waals surface area contributed by atoms with E-state index >= 15 is 0 Å². The minimum atomic E-state index is -0.807. The third kappa shape index (κ3) is 44.8. The van der Waals surface area contributed by atoms with Gasteiger partial charge in [0.05, 0.1) is 0 Å². The maximum atomic E-state index is 12.7. The van der Waals surface area contributed by atoms with E-state index in [1.54, 1.807) is 0 Å². The second kappa shape index (κ2) is 46.5. The third-order valence-electron chi connectivity index (χ3n) is 9.22. The van der Waals surface area contributed by atoms with Crippen molar-refractivity contribution in [3.05, 3.63) is 122 Å². The van der Waals surface area contributed by atoms with Gasteiger partial charge >= 0.3 is 17.9 Å². The molecule has 0 aliphatic heterocycles. The van der Waals surface area contributed by atoms with Crippen LogP contribution in [-0.4, -0.2) is 37.2 Å². The van der Waals surface area contributed by atoms with Gasteiger partial charge < -0.3 is 14.2 Å². The average Bonchev–Trinajstić information content (AvgIpc) is 3.23. The molecule has 0 aromatic carbocycles. The lowest BCUT2D eigenvalue weighted by Crippen LogP contribution is -2.30. The third-order valence-corrected chi connectivity index (χ3v) is 9.22. The van der Waals surface area contributed by atoms with E-state index in [1.807, 2.05) is 79.0 Å². The zero-order valence-corrected chi connectivity index (χ0v) is 37.5. The first-order valence-electron chi connectivity index (χ1n) is 23.2. The van der Waals surface area contributed by atoms with Crippen LogP contribution in [0.3, 0.4) is 0 Å². The van der Waals surface area contributed by atoms with Crippen LogP contribution in [0.25, 0.3) is 0 Å². The Morgan fingerprint density at radius 2 is 0.661 bits per heavy atom. The number of esters is 3. The molecule has 330 valence electrons. The standard InChI is InChI=1S/C53H82O6/c1-4-7-10-13-16-19-21-23-24-25-26-27-28-30-31-34-37-40-43-46-52(55)58-49-50(48-57-51(54)45-42-39-36-33-18-15-12-9-6-3)59-53(56)47-44-41-38-35-32-29-22-20-17-14-11-8-5-2/h7-8,10-11,13-14,16-17,19-28,30-31,50H,4-6,9,12,15,18,29,32-49H2,1-3H3/b10-7-,11-8-,16-13-,17-14-,21-19-,22-20-,24-23-,26-25+,28-27-,31-30-. The zero-order valence-electron chi connectivity index (χ0n) is 37.5. The van der Waals surface area contributed by atoms with E-state index in [4.69, 9.17) is 14.2 Å². The Bertz CT molecular complexity index is 1300. The Hall–Kier alpha value is -4.19. The Labute approximate surface area is 361 Å². The number of unbranched alkanes of at least 4 members (excludes halogenated alkanes) is 16. The molecule has 0 aliphatic carbocycles. The van der Waals surface area contributed by atoms with Gasteiger partial charge in [-0.2, -0.15) is 0 Å². The predicted molar refractivity (Wildman–Crippen MR) is 251 cm³/mol. The van der Waals surface area contributed by atoms with Crippen LogP contribution in [0, 0.1) is 0 Å². The predicted octanol–water partition coefficient (Wildman–Crippen LogP) is 15.0. The quantitative estimate of drug-likeness (QED) is 0.0266. The fourth-order valence-electron chi connectivity index (χ4n) is 5.78. The molecule has 1 unspecified atom stereocenters. The summed E-state index contributed by atoms with van der Waals surface area (Å²) in [4.78, 5) is 37.7. The summed E-state index contributed by atoms with van der Waals surface area (Å²) in [5.74, 6) is -0.988. The zero-order chi connectivity index (χ0) is 43.0. The van der Waals surface area contributed by atoms with E-state index < -0.39 is 6.10 Å². The molecule has 1 atom stereocenters. The van der Waals surface area contributed by atoms with Crippen molar-refractivity contribution in [2.45, 2.75) is 181 Å². The second-order valence-electron chi connectivity index (χ2n) is 14.8. The fourth-order valence-corrected chi connectivity index (χ4v) is 5.78. The second-order valence-corrected chi connectivity index (χ2v) is 14.8. The normalized spacial score (nSPS) is 13.2. The summed E-state index contributed by atoms with van der Waals surface area (Å²) >= 11 is 0. The fraction of sp³-hybridized carbons (Fsp3) is 0.566. The van der Waals surface area contributed by atoms with Crippen LogP contribution in [0.5, 0.6) is 0 Å². The van der Waals surface area contributed by atoms with Crippen LogP contribution in [0.2, 0.25) is 0 Å². The van der Waals surface area contributed by atoms with E-state index in [1.165, 1.54) is 38.5 Å². The number of carbonyl (C=O) groups is 3. The lowest BCUT2D eigenvalue weighted by atomic mass is 10.1. The molecule has 0 rings (SSSR count). The highest BCUT2D eigenvalue weighted by molar-refractivity contribution is 5.71. The summed E-state index contributed by atoms with van der Waals surface area (Å²) in [5, 5.41) is 0. The summed E-state index contributed by atoms with van der Waals surface area (Å²) in [7, 11) is 0. The molecule has 0 saturated carbocycles. The first-order valence-corrected chi connectivity index (χ1v) is 23.2. The minimum absolute atomic E-state index is 0.104. The van der Waals surface area contributed by atoms with Crippen LogP contribution < -0.4 is 0 Å². The molecular weight excluding hydrogens is 733 g/mol. The SMILES string of the molecule is CC\C=C/C=C\C=C/C=C\C=C\C=C/C=C\CCCCCC(=O)OCC(COC(=O)CCCCCCCCCCC)OC(=O)CCCCCCC\C=C/C=C\C=C/CC. The van der Waals surface area contributed by atoms with Crippen molar-refractivity contribution >= 4 is 17.9 Å². The van der Waals surface area contributed by atoms with Gasteiger partial charge in [-0.25, -0.2) is 0 Å². The lowest BCUT2D eigenvalue weighted by Gasteiger charge is -2.18. The monoisotopic (exact) mass is 815 g/mol. The summed E-state index contributed by atoms with van der Waals surface area (Å²) in [5.41, 5.74) is 0. The van der Waals surface area contributed by atoms with Crippen LogP contribution >= 0.6 is 0 Å². The average molecular weight is 815 g/mol. The van der Waals surface area contributed by atoms with Gasteiger partial charge in [-0.3, -0.25) is 14.4 Å². The molecular formula is C53H82O6. The van der Waals surface area contributed by atoms with E-state index in [0.717, 1.165) is 96.3 Å². The van der Waals surface area contributed by atoms with Gasteiger partial charge in [0.25, 0.3) is 0 Å². The van der Waals surface area contributed by atoms with Crippen LogP contribution in [0.4, 0.5) is 0 Å². The number of hydrogen-bond donors (Lipinski definition) is 0. The van der Waals surface area contributed by atoms with Crippen molar-refractivity contribution in [1.29, 1.82) is 0 Å². The lowest BCUT2D eigenvalue weighted by molar-refractivity contribution is -0.167. The highest BCUT2D eigenvalue weighted by Crippen LogP contribution is 2.13. The van der Waals surface area contributed by atoms with Crippen molar-refractivity contribution in [2.75, 3.05) is 13.2 Å². The molecule has 6 nitrogen and oxygen atoms in total. The summed E-state index contributed by atoms with van der Waals surface area (Å²) in [6.07, 6.45) is 63.2. The largest absolute Gasteiger partial charge is 0.462 e. The van der Waals surface area contributed by atoms with Crippen molar-refractivity contribution in [3.8, 4) is 0 Å². The van der Waals surface area contributed by atoms with E-state index in [0.29, 0.717) is 19.3 Å². The maximum Gasteiger partial charge on any atom is 0.306 e. The van der Waals surface area contributed by atoms with Gasteiger partial charge in [0.1, 0.15) is 13.2 Å². The Balaban J connectivity index is 4.51. The molecule has 0 heterocycles. The molecule has 0 aromatic rings. The first kappa shape index (κ1) is 54.8. The molecule has 0 saturated heterocycles. The number of rotatable bonds is 39.